The number of thiophene rings is 1. The molecule has 2 aromatic heterocycles. The number of carbonyl (C=O) groups is 1. The van der Waals surface area contributed by atoms with Gasteiger partial charge in [0.25, 0.3) is 5.91 Å². The maximum absolute atomic E-state index is 13.1. The summed E-state index contributed by atoms with van der Waals surface area (Å²) in [7, 11) is 0. The average molecular weight is 495 g/mol. The van der Waals surface area contributed by atoms with E-state index in [1.807, 2.05) is 39.0 Å². The summed E-state index contributed by atoms with van der Waals surface area (Å²) in [4.78, 5) is 19.2. The summed E-state index contributed by atoms with van der Waals surface area (Å²) in [5.74, 6) is 0.696. The van der Waals surface area contributed by atoms with Crippen molar-refractivity contribution in [1.29, 1.82) is 0 Å². The molecule has 1 unspecified atom stereocenters. The van der Waals surface area contributed by atoms with Crippen LogP contribution >= 0.6 is 22.9 Å². The Morgan fingerprint density at radius 3 is 2.70 bits per heavy atom. The van der Waals surface area contributed by atoms with Crippen LogP contribution in [0.5, 0.6) is 0 Å². The maximum Gasteiger partial charge on any atom is 0.254 e. The van der Waals surface area contributed by atoms with Gasteiger partial charge < -0.3 is 15.4 Å². The van der Waals surface area contributed by atoms with Gasteiger partial charge in [-0.1, -0.05) is 32.4 Å². The van der Waals surface area contributed by atoms with Crippen molar-refractivity contribution in [2.45, 2.75) is 33.4 Å². The third-order valence-corrected chi connectivity index (χ3v) is 7.32. The quantitative estimate of drug-likeness (QED) is 0.612. The average Bonchev–Trinajstić information content (AvgIpc) is 3.42. The Kier molecular flexibility index (Phi) is 8.09. The van der Waals surface area contributed by atoms with Crippen molar-refractivity contribution in [2.24, 2.45) is 5.41 Å². The highest BCUT2D eigenvalue weighted by molar-refractivity contribution is 7.16. The van der Waals surface area contributed by atoms with Gasteiger partial charge in [-0.15, -0.1) is 11.3 Å². The lowest BCUT2D eigenvalue weighted by atomic mass is 9.96. The number of nitrogens with zero attached hydrogens (tertiary/aromatic N) is 4. The van der Waals surface area contributed by atoms with E-state index < -0.39 is 5.41 Å². The van der Waals surface area contributed by atoms with Gasteiger partial charge in [-0.3, -0.25) is 14.6 Å². The molecule has 0 radical (unpaired) electrons. The Morgan fingerprint density at radius 1 is 1.24 bits per heavy atom. The van der Waals surface area contributed by atoms with E-state index in [2.05, 4.69) is 20.4 Å². The van der Waals surface area contributed by atoms with Crippen LogP contribution in [0.15, 0.2) is 18.2 Å². The van der Waals surface area contributed by atoms with Crippen LogP contribution in [0, 0.1) is 5.41 Å². The number of rotatable bonds is 7. The molecule has 4 heterocycles. The van der Waals surface area contributed by atoms with E-state index in [0.717, 1.165) is 79.8 Å². The molecular formula is C23H35ClN6O2S. The van der Waals surface area contributed by atoms with E-state index in [0.29, 0.717) is 6.54 Å². The van der Waals surface area contributed by atoms with Crippen LogP contribution in [0.4, 0.5) is 5.82 Å². The second-order valence-electron chi connectivity index (χ2n) is 9.74. The normalized spacial score (nSPS) is 20.8. The fourth-order valence-corrected chi connectivity index (χ4v) is 5.14. The zero-order valence-corrected chi connectivity index (χ0v) is 21.3. The fraction of sp³-hybridized carbons (Fsp3) is 0.652. The topological polar surface area (TPSA) is 74.7 Å². The van der Waals surface area contributed by atoms with Gasteiger partial charge in [0.1, 0.15) is 5.82 Å². The molecule has 0 aromatic carbocycles. The zero-order valence-electron chi connectivity index (χ0n) is 19.8. The van der Waals surface area contributed by atoms with Crippen LogP contribution in [-0.4, -0.2) is 84.5 Å². The SMILES string of the molecule is CC(C)(C)C(=O)n1nc(C2CN(CCN3CCOCC3)CCN2)cc1NCc1ccc(Cl)s1. The van der Waals surface area contributed by atoms with Crippen LogP contribution in [0.25, 0.3) is 0 Å². The number of aromatic nitrogens is 2. The molecule has 33 heavy (non-hydrogen) atoms. The predicted molar refractivity (Wildman–Crippen MR) is 133 cm³/mol. The van der Waals surface area contributed by atoms with Crippen LogP contribution in [0.3, 0.4) is 0 Å². The Bertz CT molecular complexity index is 934. The molecule has 1 atom stereocenters. The van der Waals surface area contributed by atoms with Gasteiger partial charge >= 0.3 is 0 Å². The molecule has 2 N–H and O–H groups in total. The highest BCUT2D eigenvalue weighted by Crippen LogP contribution is 2.26. The molecule has 2 fully saturated rings. The molecule has 0 spiro atoms. The first-order chi connectivity index (χ1) is 15.8. The van der Waals surface area contributed by atoms with Crippen molar-refractivity contribution in [3.63, 3.8) is 0 Å². The fourth-order valence-electron chi connectivity index (χ4n) is 4.11. The van der Waals surface area contributed by atoms with Crippen molar-refractivity contribution < 1.29 is 9.53 Å². The van der Waals surface area contributed by atoms with E-state index in [1.165, 1.54) is 11.3 Å². The largest absolute Gasteiger partial charge is 0.379 e. The van der Waals surface area contributed by atoms with Crippen LogP contribution < -0.4 is 10.6 Å². The van der Waals surface area contributed by atoms with Gasteiger partial charge in [0.15, 0.2) is 0 Å². The number of anilines is 1. The number of hydrogen-bond donors (Lipinski definition) is 2. The van der Waals surface area contributed by atoms with Crippen LogP contribution in [0.2, 0.25) is 4.34 Å². The molecule has 8 nitrogen and oxygen atoms in total. The van der Waals surface area contributed by atoms with Crippen molar-refractivity contribution in [2.75, 3.05) is 64.3 Å². The second kappa shape index (κ2) is 10.8. The van der Waals surface area contributed by atoms with Gasteiger partial charge in [-0.25, -0.2) is 0 Å². The molecule has 0 aliphatic carbocycles. The van der Waals surface area contributed by atoms with Gasteiger partial charge in [0.05, 0.1) is 35.8 Å². The standard InChI is InChI=1S/C23H35ClN6O2S/c1-23(2,3)22(31)30-21(26-15-17-4-5-20(24)33-17)14-18(27-30)19-16-29(7-6-25-19)9-8-28-10-12-32-13-11-28/h4-5,14,19,25-26H,6-13,15-16H2,1-3H3. The molecule has 0 amide bonds. The van der Waals surface area contributed by atoms with Gasteiger partial charge in [-0.2, -0.15) is 9.78 Å². The third kappa shape index (κ3) is 6.55. The lowest BCUT2D eigenvalue weighted by Crippen LogP contribution is -2.49. The Labute approximate surface area is 205 Å². The lowest BCUT2D eigenvalue weighted by Gasteiger charge is -2.35. The van der Waals surface area contributed by atoms with E-state index in [1.54, 1.807) is 4.68 Å². The summed E-state index contributed by atoms with van der Waals surface area (Å²) >= 11 is 7.61. The Hall–Kier alpha value is -1.49. The monoisotopic (exact) mass is 494 g/mol. The van der Waals surface area contributed by atoms with Crippen LogP contribution in [-0.2, 0) is 11.3 Å². The maximum atomic E-state index is 13.1. The summed E-state index contributed by atoms with van der Waals surface area (Å²) < 4.78 is 7.76. The highest BCUT2D eigenvalue weighted by atomic mass is 35.5. The third-order valence-electron chi connectivity index (χ3n) is 6.09. The molecule has 0 saturated carbocycles. The van der Waals surface area contributed by atoms with Crippen molar-refractivity contribution in [1.82, 2.24) is 24.9 Å². The van der Waals surface area contributed by atoms with Crippen molar-refractivity contribution in [3.8, 4) is 0 Å². The molecule has 182 valence electrons. The summed E-state index contributed by atoms with van der Waals surface area (Å²) in [6.45, 7) is 15.0. The molecule has 2 aromatic rings. The zero-order chi connectivity index (χ0) is 23.4. The number of carbonyl (C=O) groups excluding carboxylic acids is 1. The minimum atomic E-state index is -0.532. The molecule has 4 rings (SSSR count). The lowest BCUT2D eigenvalue weighted by molar-refractivity contribution is 0.0317. The molecular weight excluding hydrogens is 460 g/mol. The van der Waals surface area contributed by atoms with E-state index in [4.69, 9.17) is 21.4 Å². The molecule has 0 bridgehead atoms. The molecule has 2 aliphatic heterocycles. The first kappa shape index (κ1) is 24.6. The summed E-state index contributed by atoms with van der Waals surface area (Å²) in [6, 6.07) is 6.00. The number of piperazine rings is 1. The Balaban J connectivity index is 1.45. The van der Waals surface area contributed by atoms with Crippen molar-refractivity contribution >= 4 is 34.7 Å². The van der Waals surface area contributed by atoms with Gasteiger partial charge in [0, 0.05) is 62.2 Å². The number of morpholine rings is 1. The first-order valence-corrected chi connectivity index (χ1v) is 12.9. The first-order valence-electron chi connectivity index (χ1n) is 11.7. The minimum Gasteiger partial charge on any atom is -0.379 e. The van der Waals surface area contributed by atoms with Gasteiger partial charge in [-0.05, 0) is 12.1 Å². The number of ether oxygens (including phenoxy) is 1. The van der Waals surface area contributed by atoms with Crippen molar-refractivity contribution in [3.05, 3.63) is 33.1 Å². The summed E-state index contributed by atoms with van der Waals surface area (Å²) in [6.07, 6.45) is 0. The molecule has 2 aliphatic rings. The van der Waals surface area contributed by atoms with E-state index >= 15 is 0 Å². The predicted octanol–water partition coefficient (Wildman–Crippen LogP) is 3.17. The number of hydrogen-bond acceptors (Lipinski definition) is 8. The second-order valence-corrected chi connectivity index (χ2v) is 11.5. The summed E-state index contributed by atoms with van der Waals surface area (Å²) in [5.41, 5.74) is 0.367. The Morgan fingerprint density at radius 2 is 2.00 bits per heavy atom. The molecule has 2 saturated heterocycles. The van der Waals surface area contributed by atoms with E-state index in [9.17, 15) is 4.79 Å². The van der Waals surface area contributed by atoms with Crippen LogP contribution in [0.1, 0.15) is 42.2 Å². The smallest absolute Gasteiger partial charge is 0.254 e. The van der Waals surface area contributed by atoms with Gasteiger partial charge in [0.2, 0.25) is 0 Å². The number of halogens is 1. The number of nitrogens with one attached hydrogen (secondary N) is 2. The van der Waals surface area contributed by atoms with E-state index in [-0.39, 0.29) is 11.9 Å². The summed E-state index contributed by atoms with van der Waals surface area (Å²) in [5, 5.41) is 11.8. The minimum absolute atomic E-state index is 0.0274. The molecule has 10 heteroatoms. The highest BCUT2D eigenvalue weighted by Gasteiger charge is 2.30.